The molecule has 0 aliphatic carbocycles. The monoisotopic (exact) mass is 210 g/mol. The Morgan fingerprint density at radius 3 is 2.47 bits per heavy atom. The average molecular weight is 210 g/mol. The second-order valence-corrected chi connectivity index (χ2v) is 5.86. The molecule has 0 aromatic carbocycles. The van der Waals surface area contributed by atoms with Crippen molar-refractivity contribution in [1.82, 2.24) is 10.6 Å². The number of piperidine rings is 1. The molecule has 0 spiro atoms. The molecule has 0 amide bonds. The van der Waals surface area contributed by atoms with Crippen molar-refractivity contribution < 1.29 is 0 Å². The maximum atomic E-state index is 3.71. The molecule has 2 heteroatoms. The van der Waals surface area contributed by atoms with Crippen molar-refractivity contribution in [3.05, 3.63) is 0 Å². The van der Waals surface area contributed by atoms with Crippen molar-refractivity contribution in [3.8, 4) is 0 Å². The maximum Gasteiger partial charge on any atom is 0.00728 e. The molecule has 0 aromatic rings. The highest BCUT2D eigenvalue weighted by molar-refractivity contribution is 4.91. The summed E-state index contributed by atoms with van der Waals surface area (Å²) < 4.78 is 0. The van der Waals surface area contributed by atoms with Crippen LogP contribution >= 0.6 is 0 Å². The van der Waals surface area contributed by atoms with E-state index in [2.05, 4.69) is 24.5 Å². The Hall–Kier alpha value is -0.0800. The fourth-order valence-corrected chi connectivity index (χ4v) is 3.11. The van der Waals surface area contributed by atoms with Crippen LogP contribution in [0.2, 0.25) is 0 Å². The molecule has 88 valence electrons. The third-order valence-electron chi connectivity index (χ3n) is 3.85. The SMILES string of the molecule is CC(C)CNCCC1CC2CCC(C1)N2. The minimum Gasteiger partial charge on any atom is -0.316 e. The van der Waals surface area contributed by atoms with E-state index in [9.17, 15) is 0 Å². The summed E-state index contributed by atoms with van der Waals surface area (Å²) in [6, 6.07) is 1.72. The highest BCUT2D eigenvalue weighted by Crippen LogP contribution is 2.32. The van der Waals surface area contributed by atoms with Crippen LogP contribution < -0.4 is 10.6 Å². The molecule has 0 radical (unpaired) electrons. The Kier molecular flexibility index (Phi) is 4.04. The number of fused-ring (bicyclic) bond motifs is 2. The lowest BCUT2D eigenvalue weighted by molar-refractivity contribution is 0.282. The Balaban J connectivity index is 1.59. The largest absolute Gasteiger partial charge is 0.316 e. The molecule has 2 heterocycles. The third-order valence-corrected chi connectivity index (χ3v) is 3.85. The molecule has 2 aliphatic rings. The van der Waals surface area contributed by atoms with E-state index in [0.29, 0.717) is 0 Å². The van der Waals surface area contributed by atoms with Gasteiger partial charge in [0.05, 0.1) is 0 Å². The van der Waals surface area contributed by atoms with Gasteiger partial charge in [-0.05, 0) is 57.0 Å². The number of hydrogen-bond acceptors (Lipinski definition) is 2. The van der Waals surface area contributed by atoms with E-state index in [1.54, 1.807) is 0 Å². The Labute approximate surface area is 94.2 Å². The van der Waals surface area contributed by atoms with Crippen LogP contribution in [0.5, 0.6) is 0 Å². The van der Waals surface area contributed by atoms with Gasteiger partial charge in [0.2, 0.25) is 0 Å². The molecule has 2 rings (SSSR count). The van der Waals surface area contributed by atoms with Crippen LogP contribution in [0, 0.1) is 11.8 Å². The van der Waals surface area contributed by atoms with Crippen LogP contribution in [-0.4, -0.2) is 25.2 Å². The minimum atomic E-state index is 0.786. The summed E-state index contributed by atoms with van der Waals surface area (Å²) >= 11 is 0. The maximum absolute atomic E-state index is 3.71. The highest BCUT2D eigenvalue weighted by atomic mass is 15.0. The van der Waals surface area contributed by atoms with E-state index in [-0.39, 0.29) is 0 Å². The van der Waals surface area contributed by atoms with Gasteiger partial charge in [-0.1, -0.05) is 13.8 Å². The van der Waals surface area contributed by atoms with Crippen LogP contribution in [0.25, 0.3) is 0 Å². The lowest BCUT2D eigenvalue weighted by atomic mass is 9.90. The average Bonchev–Trinajstić information content (AvgIpc) is 2.53. The Morgan fingerprint density at radius 2 is 1.87 bits per heavy atom. The van der Waals surface area contributed by atoms with Crippen molar-refractivity contribution in [1.29, 1.82) is 0 Å². The topological polar surface area (TPSA) is 24.1 Å². The van der Waals surface area contributed by atoms with Crippen LogP contribution in [0.1, 0.15) is 46.0 Å². The number of rotatable bonds is 5. The molecule has 0 aromatic heterocycles. The summed E-state index contributed by atoms with van der Waals surface area (Å²) in [5.41, 5.74) is 0. The minimum absolute atomic E-state index is 0.786. The molecule has 2 nitrogen and oxygen atoms in total. The molecular formula is C13H26N2. The molecule has 2 saturated heterocycles. The van der Waals surface area contributed by atoms with Crippen LogP contribution in [0.4, 0.5) is 0 Å². The highest BCUT2D eigenvalue weighted by Gasteiger charge is 2.32. The van der Waals surface area contributed by atoms with E-state index >= 15 is 0 Å². The predicted octanol–water partition coefficient (Wildman–Crippen LogP) is 2.15. The van der Waals surface area contributed by atoms with Crippen molar-refractivity contribution in [2.24, 2.45) is 11.8 Å². The predicted molar refractivity (Wildman–Crippen MR) is 65.0 cm³/mol. The first kappa shape index (κ1) is 11.4. The standard InChI is InChI=1S/C13H26N2/c1-10(2)9-14-6-5-11-7-12-3-4-13(8-11)15-12/h10-15H,3-9H2,1-2H3. The van der Waals surface area contributed by atoms with Crippen molar-refractivity contribution in [2.75, 3.05) is 13.1 Å². The van der Waals surface area contributed by atoms with Gasteiger partial charge in [0.25, 0.3) is 0 Å². The lowest BCUT2D eigenvalue weighted by Crippen LogP contribution is -2.38. The lowest BCUT2D eigenvalue weighted by Gasteiger charge is -2.29. The third kappa shape index (κ3) is 3.46. The molecule has 2 bridgehead atoms. The van der Waals surface area contributed by atoms with Crippen molar-refractivity contribution >= 4 is 0 Å². The van der Waals surface area contributed by atoms with E-state index < -0.39 is 0 Å². The van der Waals surface area contributed by atoms with Gasteiger partial charge in [-0.15, -0.1) is 0 Å². The van der Waals surface area contributed by atoms with Gasteiger partial charge in [-0.3, -0.25) is 0 Å². The van der Waals surface area contributed by atoms with Gasteiger partial charge in [-0.2, -0.15) is 0 Å². The molecule has 2 atom stereocenters. The molecule has 2 fully saturated rings. The van der Waals surface area contributed by atoms with Gasteiger partial charge >= 0.3 is 0 Å². The first-order chi connectivity index (χ1) is 7.24. The normalized spacial score (nSPS) is 35.0. The van der Waals surface area contributed by atoms with Gasteiger partial charge in [-0.25, -0.2) is 0 Å². The van der Waals surface area contributed by atoms with Crippen LogP contribution in [0.3, 0.4) is 0 Å². The molecule has 2 N–H and O–H groups in total. The van der Waals surface area contributed by atoms with Crippen molar-refractivity contribution in [3.63, 3.8) is 0 Å². The second-order valence-electron chi connectivity index (χ2n) is 5.86. The summed E-state index contributed by atoms with van der Waals surface area (Å²) in [4.78, 5) is 0. The fourth-order valence-electron chi connectivity index (χ4n) is 3.11. The molecular weight excluding hydrogens is 184 g/mol. The molecule has 2 unspecified atom stereocenters. The van der Waals surface area contributed by atoms with E-state index in [0.717, 1.165) is 23.9 Å². The molecule has 2 aliphatic heterocycles. The fraction of sp³-hybridized carbons (Fsp3) is 1.00. The van der Waals surface area contributed by atoms with Gasteiger partial charge < -0.3 is 10.6 Å². The van der Waals surface area contributed by atoms with Crippen molar-refractivity contribution in [2.45, 2.75) is 58.0 Å². The van der Waals surface area contributed by atoms with Gasteiger partial charge in [0, 0.05) is 12.1 Å². The molecule has 0 saturated carbocycles. The Morgan fingerprint density at radius 1 is 1.20 bits per heavy atom. The van der Waals surface area contributed by atoms with E-state index in [4.69, 9.17) is 0 Å². The number of nitrogens with one attached hydrogen (secondary N) is 2. The first-order valence-electron chi connectivity index (χ1n) is 6.71. The smallest absolute Gasteiger partial charge is 0.00728 e. The molecule has 15 heavy (non-hydrogen) atoms. The van der Waals surface area contributed by atoms with Gasteiger partial charge in [0.1, 0.15) is 0 Å². The summed E-state index contributed by atoms with van der Waals surface area (Å²) in [5.74, 6) is 1.78. The van der Waals surface area contributed by atoms with E-state index in [1.165, 1.54) is 45.2 Å². The summed E-state index contributed by atoms with van der Waals surface area (Å²) in [6.45, 7) is 6.95. The zero-order valence-electron chi connectivity index (χ0n) is 10.3. The zero-order chi connectivity index (χ0) is 10.7. The Bertz CT molecular complexity index is 179. The zero-order valence-corrected chi connectivity index (χ0v) is 10.3. The summed E-state index contributed by atoms with van der Waals surface area (Å²) in [6.07, 6.45) is 7.11. The summed E-state index contributed by atoms with van der Waals surface area (Å²) in [5, 5.41) is 7.27. The van der Waals surface area contributed by atoms with Crippen LogP contribution in [-0.2, 0) is 0 Å². The van der Waals surface area contributed by atoms with Gasteiger partial charge in [0.15, 0.2) is 0 Å². The first-order valence-corrected chi connectivity index (χ1v) is 6.71. The van der Waals surface area contributed by atoms with E-state index in [1.807, 2.05) is 0 Å². The second kappa shape index (κ2) is 5.31. The number of hydrogen-bond donors (Lipinski definition) is 2. The van der Waals surface area contributed by atoms with Crippen LogP contribution in [0.15, 0.2) is 0 Å². The summed E-state index contributed by atoms with van der Waals surface area (Å²) in [7, 11) is 0. The quantitative estimate of drug-likeness (QED) is 0.680.